The predicted octanol–water partition coefficient (Wildman–Crippen LogP) is 0.854. The first kappa shape index (κ1) is 12.3. The molecule has 0 aromatic carbocycles. The van der Waals surface area contributed by atoms with Crippen molar-refractivity contribution in [2.45, 2.75) is 38.8 Å². The predicted molar refractivity (Wildman–Crippen MR) is 72.9 cm³/mol. The number of hydrogen-bond acceptors (Lipinski definition) is 3. The molecule has 21 heavy (non-hydrogen) atoms. The largest absolute Gasteiger partial charge is 0.275 e. The zero-order chi connectivity index (χ0) is 13.9. The highest BCUT2D eigenvalue weighted by Crippen LogP contribution is 2.32. The molecule has 2 spiro atoms. The number of nitrogens with zero attached hydrogens (tertiary/aromatic N) is 4. The third-order valence-corrected chi connectivity index (χ3v) is 5.43. The van der Waals surface area contributed by atoms with Crippen molar-refractivity contribution in [1.29, 1.82) is 0 Å². The lowest BCUT2D eigenvalue weighted by molar-refractivity contribution is -1.22. The molecule has 0 atom stereocenters. The summed E-state index contributed by atoms with van der Waals surface area (Å²) >= 11 is 0. The van der Waals surface area contributed by atoms with Gasteiger partial charge in [-0.3, -0.25) is 0 Å². The van der Waals surface area contributed by atoms with Gasteiger partial charge in [-0.2, -0.15) is 0 Å². The average Bonchev–Trinajstić information content (AvgIpc) is 3.09. The molecule has 4 aliphatic heterocycles. The van der Waals surface area contributed by atoms with E-state index in [4.69, 9.17) is 9.88 Å². The van der Waals surface area contributed by atoms with Crippen LogP contribution in [0.25, 0.3) is 0 Å². The van der Waals surface area contributed by atoms with Crippen LogP contribution >= 0.6 is 0 Å². The van der Waals surface area contributed by atoms with Crippen LogP contribution in [0, 0.1) is 0 Å². The van der Waals surface area contributed by atoms with Gasteiger partial charge in [0.15, 0.2) is 13.1 Å². The molecule has 5 rings (SSSR count). The van der Waals surface area contributed by atoms with Gasteiger partial charge in [0, 0.05) is 47.7 Å². The fraction of sp³-hybridized carbons (Fsp3) is 0.667. The van der Waals surface area contributed by atoms with E-state index in [0.717, 1.165) is 39.3 Å². The topological polar surface area (TPSA) is 25.6 Å². The zero-order valence-electron chi connectivity index (χ0n) is 12.4. The summed E-state index contributed by atoms with van der Waals surface area (Å²) in [5, 5.41) is 1.70. The first-order valence-corrected chi connectivity index (χ1v) is 8.23. The van der Waals surface area contributed by atoms with Crippen LogP contribution in [0.5, 0.6) is 0 Å². The lowest BCUT2D eigenvalue weighted by Gasteiger charge is -2.39. The Balaban J connectivity index is 1.60. The maximum absolute atomic E-state index is 6.33. The third kappa shape index (κ3) is 1.76. The normalized spacial score (nSPS) is 28.3. The lowest BCUT2D eigenvalue weighted by atomic mass is 10.2. The molecule has 0 aliphatic carbocycles. The van der Waals surface area contributed by atoms with Crippen molar-refractivity contribution in [3.8, 4) is 0 Å². The molecule has 6 heteroatoms. The monoisotopic (exact) mass is 291 g/mol. The Morgan fingerprint density at radius 1 is 0.810 bits per heavy atom. The van der Waals surface area contributed by atoms with Crippen molar-refractivity contribution in [2.24, 2.45) is 0 Å². The van der Waals surface area contributed by atoms with Crippen LogP contribution in [0.15, 0.2) is 18.2 Å². The van der Waals surface area contributed by atoms with E-state index in [9.17, 15) is 0 Å². The Kier molecular flexibility index (Phi) is 2.45. The Labute approximate surface area is 124 Å². The number of rotatable bonds is 0. The molecular formula is C15H23N4O2+3. The van der Waals surface area contributed by atoms with E-state index in [1.54, 1.807) is 5.34 Å². The quantitative estimate of drug-likeness (QED) is 0.523. The van der Waals surface area contributed by atoms with E-state index in [-0.39, 0.29) is 0 Å². The SMILES string of the molecule is c1cc2[n+]3c(c1)C[N+]1(CCCC1)ON3O[N+]1(CCCC1)C2. The highest BCUT2D eigenvalue weighted by molar-refractivity contribution is 5.04. The second kappa shape index (κ2) is 4.16. The first-order valence-electron chi connectivity index (χ1n) is 8.23. The second-order valence-corrected chi connectivity index (χ2v) is 6.96. The minimum atomic E-state index is 0.698. The number of hydroxylamine groups is 6. The van der Waals surface area contributed by atoms with Crippen molar-refractivity contribution in [3.05, 3.63) is 29.6 Å². The van der Waals surface area contributed by atoms with Crippen LogP contribution < -0.4 is 10.0 Å². The summed E-state index contributed by atoms with van der Waals surface area (Å²) in [5.41, 5.74) is 2.61. The van der Waals surface area contributed by atoms with Gasteiger partial charge in [0.1, 0.15) is 26.2 Å². The molecule has 0 bridgehead atoms. The Bertz CT molecular complexity index is 533. The van der Waals surface area contributed by atoms with Crippen LogP contribution in [0.4, 0.5) is 0 Å². The van der Waals surface area contributed by atoms with Crippen molar-refractivity contribution in [3.63, 3.8) is 0 Å². The molecule has 6 nitrogen and oxygen atoms in total. The fourth-order valence-electron chi connectivity index (χ4n) is 4.38. The van der Waals surface area contributed by atoms with Crippen LogP contribution in [0.1, 0.15) is 37.1 Å². The van der Waals surface area contributed by atoms with Gasteiger partial charge in [-0.15, -0.1) is 9.29 Å². The summed E-state index contributed by atoms with van der Waals surface area (Å²) in [7, 11) is 0. The standard InChI is InChI=1S/C15H23N4O2/c1-2-9-18(8-1)12-14-6-5-7-15-13-19(10-3-4-11-19)21-17(20-18)16(14)15/h5-7H,1-4,8-13H2/q+3. The molecule has 0 unspecified atom stereocenters. The molecule has 112 valence electrons. The highest BCUT2D eigenvalue weighted by atomic mass is 17.1. The minimum absolute atomic E-state index is 0.698. The van der Waals surface area contributed by atoms with Gasteiger partial charge in [0.25, 0.3) is 11.4 Å². The first-order chi connectivity index (χ1) is 10.3. The molecule has 5 heterocycles. The summed E-state index contributed by atoms with van der Waals surface area (Å²) in [6.07, 6.45) is 4.97. The lowest BCUT2D eigenvalue weighted by Crippen LogP contribution is -2.77. The van der Waals surface area contributed by atoms with E-state index in [2.05, 4.69) is 22.9 Å². The number of hydrogen-bond donors (Lipinski definition) is 0. The van der Waals surface area contributed by atoms with Crippen molar-refractivity contribution < 1.29 is 23.8 Å². The number of pyridine rings is 1. The van der Waals surface area contributed by atoms with Gasteiger partial charge in [-0.05, 0) is 10.7 Å². The van der Waals surface area contributed by atoms with E-state index >= 15 is 0 Å². The Morgan fingerprint density at radius 3 is 1.76 bits per heavy atom. The van der Waals surface area contributed by atoms with Gasteiger partial charge in [0.2, 0.25) is 5.34 Å². The van der Waals surface area contributed by atoms with Gasteiger partial charge in [-0.25, -0.2) is 0 Å². The molecule has 2 fully saturated rings. The Hall–Kier alpha value is -1.21. The van der Waals surface area contributed by atoms with Crippen LogP contribution in [-0.4, -0.2) is 35.5 Å². The van der Waals surface area contributed by atoms with Gasteiger partial charge in [0.05, 0.1) is 0 Å². The van der Waals surface area contributed by atoms with Gasteiger partial charge in [-0.1, -0.05) is 0 Å². The maximum atomic E-state index is 6.33. The number of quaternary nitrogens is 2. The number of aromatic nitrogens is 1. The minimum Gasteiger partial charge on any atom is -0.136 e. The van der Waals surface area contributed by atoms with Crippen molar-refractivity contribution in [2.75, 3.05) is 31.5 Å². The summed E-state index contributed by atoms with van der Waals surface area (Å²) in [6.45, 7) is 6.25. The molecular weight excluding hydrogens is 268 g/mol. The van der Waals surface area contributed by atoms with Crippen molar-refractivity contribution >= 4 is 0 Å². The molecule has 0 N–H and O–H groups in total. The Morgan fingerprint density at radius 2 is 1.29 bits per heavy atom. The molecule has 0 saturated carbocycles. The average molecular weight is 291 g/mol. The summed E-state index contributed by atoms with van der Waals surface area (Å²) in [5.74, 6) is 0. The molecule has 4 aliphatic rings. The van der Waals surface area contributed by atoms with E-state index < -0.39 is 0 Å². The smallest absolute Gasteiger partial charge is 0.136 e. The highest BCUT2D eigenvalue weighted by Gasteiger charge is 2.57. The molecule has 2 saturated heterocycles. The fourth-order valence-corrected chi connectivity index (χ4v) is 4.38. The summed E-state index contributed by atoms with van der Waals surface area (Å²) in [4.78, 5) is 12.7. The molecule has 1 aromatic rings. The van der Waals surface area contributed by atoms with E-state index in [1.807, 2.05) is 0 Å². The van der Waals surface area contributed by atoms with Crippen LogP contribution in [0.3, 0.4) is 0 Å². The van der Waals surface area contributed by atoms with Crippen LogP contribution in [0.2, 0.25) is 0 Å². The van der Waals surface area contributed by atoms with E-state index in [1.165, 1.54) is 37.1 Å². The van der Waals surface area contributed by atoms with Crippen LogP contribution in [-0.2, 0) is 23.0 Å². The van der Waals surface area contributed by atoms with Crippen molar-refractivity contribution in [1.82, 2.24) is 0 Å². The van der Waals surface area contributed by atoms with Gasteiger partial charge < -0.3 is 0 Å². The van der Waals surface area contributed by atoms with Gasteiger partial charge >= 0.3 is 0 Å². The second-order valence-electron chi connectivity index (χ2n) is 6.96. The maximum Gasteiger partial charge on any atom is 0.275 e. The third-order valence-electron chi connectivity index (χ3n) is 5.43. The zero-order valence-corrected chi connectivity index (χ0v) is 12.4. The molecule has 1 aromatic heterocycles. The molecule has 0 radical (unpaired) electrons. The molecule has 0 amide bonds. The summed E-state index contributed by atoms with van der Waals surface area (Å²) in [6, 6.07) is 6.61. The summed E-state index contributed by atoms with van der Waals surface area (Å²) < 4.78 is 3.54. The van der Waals surface area contributed by atoms with E-state index in [0.29, 0.717) is 9.29 Å².